The number of hydrogen-bond acceptors (Lipinski definition) is 2. The number of amides is 1. The molecule has 1 saturated heterocycles. The molecule has 2 rings (SSSR count). The number of nitrogens with one attached hydrogen (secondary N) is 1. The fourth-order valence-electron chi connectivity index (χ4n) is 2.04. The number of carbonyl (C=O) groups excluding carboxylic acids is 1. The molecule has 4 heteroatoms. The van der Waals surface area contributed by atoms with Gasteiger partial charge in [0.15, 0.2) is 0 Å². The number of nitrogens with zero attached hydrogens (tertiary/aromatic N) is 1. The summed E-state index contributed by atoms with van der Waals surface area (Å²) in [6, 6.07) is 3.55. The minimum atomic E-state index is -0.470. The number of likely N-dealkylation sites (tertiary alicyclic amines) is 1. The Balaban J connectivity index is 2.22. The first-order valence-electron chi connectivity index (χ1n) is 5.17. The third-order valence-corrected chi connectivity index (χ3v) is 3.21. The van der Waals surface area contributed by atoms with Crippen molar-refractivity contribution < 1.29 is 9.90 Å². The molecule has 0 aromatic carbocycles. The fourth-order valence-corrected chi connectivity index (χ4v) is 2.04. The van der Waals surface area contributed by atoms with Gasteiger partial charge in [0.25, 0.3) is 5.91 Å². The van der Waals surface area contributed by atoms with Gasteiger partial charge in [-0.1, -0.05) is 0 Å². The van der Waals surface area contributed by atoms with Gasteiger partial charge in [-0.25, -0.2) is 0 Å². The molecule has 15 heavy (non-hydrogen) atoms. The van der Waals surface area contributed by atoms with E-state index < -0.39 is 11.6 Å². The maximum Gasteiger partial charge on any atom is 0.270 e. The summed E-state index contributed by atoms with van der Waals surface area (Å²) in [5.74, 6) is -0.0402. The number of aromatic amines is 1. The van der Waals surface area contributed by atoms with Gasteiger partial charge < -0.3 is 15.0 Å². The van der Waals surface area contributed by atoms with Crippen LogP contribution in [0, 0.1) is 0 Å². The summed E-state index contributed by atoms with van der Waals surface area (Å²) >= 11 is 0. The summed E-state index contributed by atoms with van der Waals surface area (Å²) in [5, 5.41) is 9.77. The maximum atomic E-state index is 12.1. The molecule has 0 aliphatic carbocycles. The standard InChI is InChI=1S/C11H16N2O2/c1-11(2)9(14)5-7-13(11)10(15)8-4-3-6-12-8/h3-4,6,9,12,14H,5,7H2,1-2H3. The quantitative estimate of drug-likeness (QED) is 0.723. The molecule has 1 fully saturated rings. The Morgan fingerprint density at radius 2 is 2.40 bits per heavy atom. The van der Waals surface area contributed by atoms with Crippen LogP contribution < -0.4 is 0 Å². The maximum absolute atomic E-state index is 12.1. The first kappa shape index (κ1) is 10.2. The number of carbonyl (C=O) groups is 1. The van der Waals surface area contributed by atoms with Gasteiger partial charge >= 0.3 is 0 Å². The summed E-state index contributed by atoms with van der Waals surface area (Å²) in [6.45, 7) is 4.41. The van der Waals surface area contributed by atoms with E-state index in [0.29, 0.717) is 18.7 Å². The normalized spacial score (nSPS) is 24.5. The molecule has 2 heterocycles. The Labute approximate surface area is 88.9 Å². The van der Waals surface area contributed by atoms with Crippen LogP contribution in [0.1, 0.15) is 30.8 Å². The largest absolute Gasteiger partial charge is 0.391 e. The van der Waals surface area contributed by atoms with Crippen molar-refractivity contribution in [3.05, 3.63) is 24.0 Å². The monoisotopic (exact) mass is 208 g/mol. The van der Waals surface area contributed by atoms with Crippen LogP contribution in [0.2, 0.25) is 0 Å². The fraction of sp³-hybridized carbons (Fsp3) is 0.545. The average molecular weight is 208 g/mol. The molecule has 1 amide bonds. The molecule has 1 aromatic heterocycles. The lowest BCUT2D eigenvalue weighted by atomic mass is 9.98. The Morgan fingerprint density at radius 1 is 1.67 bits per heavy atom. The van der Waals surface area contributed by atoms with Gasteiger partial charge in [0.2, 0.25) is 0 Å². The molecule has 1 aliphatic rings. The molecule has 0 saturated carbocycles. The minimum absolute atomic E-state index is 0.0402. The van der Waals surface area contributed by atoms with Gasteiger partial charge in [-0.3, -0.25) is 4.79 Å². The van der Waals surface area contributed by atoms with Gasteiger partial charge in [0.1, 0.15) is 5.69 Å². The van der Waals surface area contributed by atoms with E-state index in [-0.39, 0.29) is 5.91 Å². The summed E-state index contributed by atoms with van der Waals surface area (Å²) in [6.07, 6.45) is 1.95. The molecule has 1 aliphatic heterocycles. The third-order valence-electron chi connectivity index (χ3n) is 3.21. The third kappa shape index (κ3) is 1.55. The van der Waals surface area contributed by atoms with E-state index in [2.05, 4.69) is 4.98 Å². The van der Waals surface area contributed by atoms with Crippen molar-refractivity contribution in [1.82, 2.24) is 9.88 Å². The number of rotatable bonds is 1. The van der Waals surface area contributed by atoms with E-state index in [9.17, 15) is 9.90 Å². The van der Waals surface area contributed by atoms with Crippen molar-refractivity contribution >= 4 is 5.91 Å². The summed E-state index contributed by atoms with van der Waals surface area (Å²) in [7, 11) is 0. The van der Waals surface area contributed by atoms with Crippen molar-refractivity contribution in [1.29, 1.82) is 0 Å². The highest BCUT2D eigenvalue weighted by molar-refractivity contribution is 5.93. The zero-order valence-electron chi connectivity index (χ0n) is 9.03. The second kappa shape index (κ2) is 3.38. The van der Waals surface area contributed by atoms with Crippen LogP contribution in [0.3, 0.4) is 0 Å². The van der Waals surface area contributed by atoms with E-state index in [1.807, 2.05) is 13.8 Å². The zero-order chi connectivity index (χ0) is 11.1. The number of H-pyrrole nitrogens is 1. The van der Waals surface area contributed by atoms with Crippen LogP contribution in [0.25, 0.3) is 0 Å². The number of aliphatic hydroxyl groups is 1. The number of aromatic nitrogens is 1. The highest BCUT2D eigenvalue weighted by atomic mass is 16.3. The van der Waals surface area contributed by atoms with Crippen LogP contribution in [0.15, 0.2) is 18.3 Å². The van der Waals surface area contributed by atoms with E-state index in [0.717, 1.165) is 0 Å². The zero-order valence-corrected chi connectivity index (χ0v) is 9.03. The van der Waals surface area contributed by atoms with Gasteiger partial charge in [-0.05, 0) is 32.4 Å². The van der Waals surface area contributed by atoms with Gasteiger partial charge in [0.05, 0.1) is 11.6 Å². The molecule has 0 spiro atoms. The van der Waals surface area contributed by atoms with Crippen molar-refractivity contribution in [2.45, 2.75) is 31.9 Å². The predicted molar refractivity (Wildman–Crippen MR) is 56.5 cm³/mol. The van der Waals surface area contributed by atoms with Gasteiger partial charge in [-0.2, -0.15) is 0 Å². The molecule has 1 aromatic rings. The number of aliphatic hydroxyl groups excluding tert-OH is 1. The summed E-state index contributed by atoms with van der Waals surface area (Å²) < 4.78 is 0. The Morgan fingerprint density at radius 3 is 2.87 bits per heavy atom. The molecular weight excluding hydrogens is 192 g/mol. The van der Waals surface area contributed by atoms with Crippen LogP contribution in [0.5, 0.6) is 0 Å². The van der Waals surface area contributed by atoms with E-state index in [4.69, 9.17) is 0 Å². The highest BCUT2D eigenvalue weighted by Crippen LogP contribution is 2.29. The lowest BCUT2D eigenvalue weighted by Crippen LogP contribution is -2.48. The lowest BCUT2D eigenvalue weighted by Gasteiger charge is -2.33. The Kier molecular flexibility index (Phi) is 2.31. The van der Waals surface area contributed by atoms with Crippen molar-refractivity contribution in [2.24, 2.45) is 0 Å². The Bertz CT molecular complexity index is 357. The Hall–Kier alpha value is -1.29. The van der Waals surface area contributed by atoms with Gasteiger partial charge in [-0.15, -0.1) is 0 Å². The predicted octanol–water partition coefficient (Wildman–Crippen LogP) is 1.00. The van der Waals surface area contributed by atoms with E-state index in [1.165, 1.54) is 0 Å². The minimum Gasteiger partial charge on any atom is -0.391 e. The summed E-state index contributed by atoms with van der Waals surface area (Å²) in [5.41, 5.74) is 0.111. The number of hydrogen-bond donors (Lipinski definition) is 2. The van der Waals surface area contributed by atoms with Crippen LogP contribution >= 0.6 is 0 Å². The molecule has 1 unspecified atom stereocenters. The second-order valence-corrected chi connectivity index (χ2v) is 4.50. The van der Waals surface area contributed by atoms with E-state index in [1.54, 1.807) is 23.2 Å². The molecule has 2 N–H and O–H groups in total. The molecule has 0 radical (unpaired) electrons. The molecule has 0 bridgehead atoms. The molecule has 4 nitrogen and oxygen atoms in total. The second-order valence-electron chi connectivity index (χ2n) is 4.50. The van der Waals surface area contributed by atoms with E-state index >= 15 is 0 Å². The van der Waals surface area contributed by atoms with Crippen LogP contribution in [0.4, 0.5) is 0 Å². The average Bonchev–Trinajstić information content (AvgIpc) is 2.76. The van der Waals surface area contributed by atoms with Gasteiger partial charge in [0, 0.05) is 12.7 Å². The smallest absolute Gasteiger partial charge is 0.270 e. The lowest BCUT2D eigenvalue weighted by molar-refractivity contribution is 0.0390. The molecular formula is C11H16N2O2. The van der Waals surface area contributed by atoms with Crippen molar-refractivity contribution in [3.8, 4) is 0 Å². The van der Waals surface area contributed by atoms with Crippen LogP contribution in [-0.2, 0) is 0 Å². The van der Waals surface area contributed by atoms with Crippen molar-refractivity contribution in [2.75, 3.05) is 6.54 Å². The SMILES string of the molecule is CC1(C)C(O)CCN1C(=O)c1ccc[nH]1. The first-order valence-corrected chi connectivity index (χ1v) is 5.17. The first-order chi connectivity index (χ1) is 7.03. The van der Waals surface area contributed by atoms with Crippen LogP contribution in [-0.4, -0.2) is 39.1 Å². The molecule has 1 atom stereocenters. The summed E-state index contributed by atoms with van der Waals surface area (Å²) in [4.78, 5) is 16.7. The molecule has 82 valence electrons. The topological polar surface area (TPSA) is 56.3 Å². The van der Waals surface area contributed by atoms with Crippen molar-refractivity contribution in [3.63, 3.8) is 0 Å². The highest BCUT2D eigenvalue weighted by Gasteiger charge is 2.43.